The summed E-state index contributed by atoms with van der Waals surface area (Å²) < 4.78 is 52.7. The summed E-state index contributed by atoms with van der Waals surface area (Å²) in [6.45, 7) is 0. The third kappa shape index (κ3) is 2.65. The number of hydrogen-bond donors (Lipinski definition) is 1. The zero-order chi connectivity index (χ0) is 18.7. The summed E-state index contributed by atoms with van der Waals surface area (Å²) in [5.74, 6) is -3.46. The van der Waals surface area contributed by atoms with Crippen molar-refractivity contribution >= 4 is 9.84 Å². The van der Waals surface area contributed by atoms with Crippen LogP contribution >= 0.6 is 0 Å². The molecule has 4 nitrogen and oxygen atoms in total. The molecule has 0 amide bonds. The normalized spacial score (nSPS) is 24.2. The Balaban J connectivity index is 1.94. The Morgan fingerprint density at radius 3 is 2.73 bits per heavy atom. The van der Waals surface area contributed by atoms with Gasteiger partial charge in [-0.25, -0.2) is 17.2 Å². The van der Waals surface area contributed by atoms with Crippen LogP contribution in [0.4, 0.5) is 8.78 Å². The third-order valence-corrected chi connectivity index (χ3v) is 6.62. The Morgan fingerprint density at radius 1 is 1.23 bits per heavy atom. The standard InChI is InChI=1S/C19H19F2NO3S/c1-26(24,25)16-6-5-14(15-9-19(20,21)18(23)17(15)16)13-4-2-3-11-10-22-8-7-12(11)13/h5-8,10,13,18,23H,2-4,9H2,1H3/t13-,18+/m1/s1. The number of alkyl halides is 2. The molecule has 2 aliphatic rings. The maximum absolute atomic E-state index is 14.3. The summed E-state index contributed by atoms with van der Waals surface area (Å²) in [7, 11) is -3.72. The van der Waals surface area contributed by atoms with E-state index in [0.29, 0.717) is 5.56 Å². The lowest BCUT2D eigenvalue weighted by atomic mass is 9.77. The number of aliphatic hydroxyl groups is 1. The Labute approximate surface area is 150 Å². The third-order valence-electron chi connectivity index (χ3n) is 5.47. The molecule has 4 rings (SSSR count). The Bertz CT molecular complexity index is 988. The molecule has 2 aromatic rings. The molecule has 0 fully saturated rings. The molecule has 2 atom stereocenters. The topological polar surface area (TPSA) is 67.3 Å². The van der Waals surface area contributed by atoms with Crippen molar-refractivity contribution in [2.45, 2.75) is 48.5 Å². The number of aromatic nitrogens is 1. The number of benzene rings is 1. The van der Waals surface area contributed by atoms with Crippen LogP contribution in [0.5, 0.6) is 0 Å². The lowest BCUT2D eigenvalue weighted by Crippen LogP contribution is -2.22. The second-order valence-corrected chi connectivity index (χ2v) is 9.16. The van der Waals surface area contributed by atoms with Gasteiger partial charge in [0.2, 0.25) is 0 Å². The van der Waals surface area contributed by atoms with E-state index < -0.39 is 28.3 Å². The highest BCUT2D eigenvalue weighted by molar-refractivity contribution is 7.90. The minimum Gasteiger partial charge on any atom is -0.382 e. The zero-order valence-corrected chi connectivity index (χ0v) is 15.1. The van der Waals surface area contributed by atoms with Crippen molar-refractivity contribution in [2.75, 3.05) is 6.26 Å². The van der Waals surface area contributed by atoms with Crippen molar-refractivity contribution in [1.29, 1.82) is 0 Å². The van der Waals surface area contributed by atoms with Crippen molar-refractivity contribution in [3.8, 4) is 0 Å². The van der Waals surface area contributed by atoms with Gasteiger partial charge in [0, 0.05) is 36.6 Å². The molecule has 0 aliphatic heterocycles. The van der Waals surface area contributed by atoms with Gasteiger partial charge in [0.15, 0.2) is 9.84 Å². The highest BCUT2D eigenvalue weighted by Crippen LogP contribution is 2.50. The second kappa shape index (κ2) is 5.82. The Hall–Kier alpha value is -1.86. The molecule has 1 aromatic carbocycles. The molecule has 7 heteroatoms. The predicted molar refractivity (Wildman–Crippen MR) is 92.2 cm³/mol. The molecular formula is C19H19F2NO3S. The first-order valence-corrected chi connectivity index (χ1v) is 10.4. The first-order valence-electron chi connectivity index (χ1n) is 8.54. The van der Waals surface area contributed by atoms with Gasteiger partial charge in [-0.05, 0) is 53.6 Å². The fraction of sp³-hybridized carbons (Fsp3) is 0.421. The smallest absolute Gasteiger partial charge is 0.281 e. The van der Waals surface area contributed by atoms with Gasteiger partial charge < -0.3 is 5.11 Å². The van der Waals surface area contributed by atoms with Gasteiger partial charge in [0.05, 0.1) is 4.90 Å². The lowest BCUT2D eigenvalue weighted by molar-refractivity contribution is -0.0976. The first-order chi connectivity index (χ1) is 12.2. The van der Waals surface area contributed by atoms with Gasteiger partial charge in [-0.1, -0.05) is 6.07 Å². The van der Waals surface area contributed by atoms with E-state index in [4.69, 9.17) is 0 Å². The lowest BCUT2D eigenvalue weighted by Gasteiger charge is -2.27. The molecule has 1 heterocycles. The van der Waals surface area contributed by atoms with Gasteiger partial charge >= 0.3 is 0 Å². The molecule has 0 spiro atoms. The van der Waals surface area contributed by atoms with Crippen LogP contribution < -0.4 is 0 Å². The van der Waals surface area contributed by atoms with Crippen LogP contribution in [-0.2, 0) is 22.7 Å². The van der Waals surface area contributed by atoms with Crippen LogP contribution in [0.1, 0.15) is 52.7 Å². The van der Waals surface area contributed by atoms with Crippen molar-refractivity contribution in [3.63, 3.8) is 0 Å². The van der Waals surface area contributed by atoms with E-state index in [-0.39, 0.29) is 21.9 Å². The van der Waals surface area contributed by atoms with E-state index in [1.807, 2.05) is 6.07 Å². The number of halogens is 2. The molecule has 0 saturated carbocycles. The van der Waals surface area contributed by atoms with Gasteiger partial charge in [0.25, 0.3) is 5.92 Å². The number of pyridine rings is 1. The highest BCUT2D eigenvalue weighted by atomic mass is 32.2. The summed E-state index contributed by atoms with van der Waals surface area (Å²) in [6.07, 6.45) is 4.33. The summed E-state index contributed by atoms with van der Waals surface area (Å²) >= 11 is 0. The molecule has 0 radical (unpaired) electrons. The number of fused-ring (bicyclic) bond motifs is 2. The largest absolute Gasteiger partial charge is 0.382 e. The Morgan fingerprint density at radius 2 is 2.00 bits per heavy atom. The van der Waals surface area contributed by atoms with Crippen LogP contribution in [0, 0.1) is 0 Å². The van der Waals surface area contributed by atoms with Crippen molar-refractivity contribution in [1.82, 2.24) is 4.98 Å². The van der Waals surface area contributed by atoms with Gasteiger partial charge in [-0.15, -0.1) is 0 Å². The van der Waals surface area contributed by atoms with Crippen LogP contribution in [0.15, 0.2) is 35.5 Å². The highest BCUT2D eigenvalue weighted by Gasteiger charge is 2.50. The number of rotatable bonds is 2. The van der Waals surface area contributed by atoms with Gasteiger partial charge in [-0.3, -0.25) is 4.98 Å². The molecule has 1 N–H and O–H groups in total. The number of aryl methyl sites for hydroxylation is 1. The van der Waals surface area contributed by atoms with E-state index in [2.05, 4.69) is 4.98 Å². The van der Waals surface area contributed by atoms with Crippen molar-refractivity contribution < 1.29 is 22.3 Å². The molecular weight excluding hydrogens is 360 g/mol. The maximum atomic E-state index is 14.3. The molecule has 0 bridgehead atoms. The van der Waals surface area contributed by atoms with E-state index in [0.717, 1.165) is 36.6 Å². The zero-order valence-electron chi connectivity index (χ0n) is 14.2. The van der Waals surface area contributed by atoms with Crippen LogP contribution in [0.2, 0.25) is 0 Å². The van der Waals surface area contributed by atoms with E-state index in [1.54, 1.807) is 18.5 Å². The SMILES string of the molecule is CS(=O)(=O)c1ccc([C@@H]2CCCc3cnccc32)c2c1[C@H](O)C(F)(F)C2. The Kier molecular flexibility index (Phi) is 3.93. The average molecular weight is 379 g/mol. The quantitative estimate of drug-likeness (QED) is 0.870. The molecule has 1 aromatic heterocycles. The molecule has 0 saturated heterocycles. The average Bonchev–Trinajstić information content (AvgIpc) is 2.83. The fourth-order valence-corrected chi connectivity index (χ4v) is 5.26. The molecule has 2 aliphatic carbocycles. The van der Waals surface area contributed by atoms with Gasteiger partial charge in [0.1, 0.15) is 6.10 Å². The van der Waals surface area contributed by atoms with Gasteiger partial charge in [-0.2, -0.15) is 0 Å². The van der Waals surface area contributed by atoms with E-state index in [9.17, 15) is 22.3 Å². The first kappa shape index (κ1) is 17.5. The monoisotopic (exact) mass is 379 g/mol. The van der Waals surface area contributed by atoms with Crippen molar-refractivity contribution in [2.24, 2.45) is 0 Å². The molecule has 0 unspecified atom stereocenters. The molecule has 138 valence electrons. The van der Waals surface area contributed by atoms with Crippen LogP contribution in [-0.4, -0.2) is 30.7 Å². The summed E-state index contributed by atoms with van der Waals surface area (Å²) in [4.78, 5) is 3.94. The minimum absolute atomic E-state index is 0.0924. The summed E-state index contributed by atoms with van der Waals surface area (Å²) in [5, 5.41) is 10.1. The van der Waals surface area contributed by atoms with Crippen LogP contribution in [0.25, 0.3) is 0 Å². The maximum Gasteiger partial charge on any atom is 0.281 e. The number of aliphatic hydroxyl groups excluding tert-OH is 1. The number of sulfone groups is 1. The summed E-state index contributed by atoms with van der Waals surface area (Å²) in [6, 6.07) is 4.91. The second-order valence-electron chi connectivity index (χ2n) is 7.18. The van der Waals surface area contributed by atoms with Crippen LogP contribution in [0.3, 0.4) is 0 Å². The minimum atomic E-state index is -3.72. The predicted octanol–water partition coefficient (Wildman–Crippen LogP) is 3.18. The number of nitrogens with zero attached hydrogens (tertiary/aromatic N) is 1. The summed E-state index contributed by atoms with van der Waals surface area (Å²) in [5.41, 5.74) is 2.98. The number of hydrogen-bond acceptors (Lipinski definition) is 4. The van der Waals surface area contributed by atoms with E-state index in [1.165, 1.54) is 6.07 Å². The molecule has 26 heavy (non-hydrogen) atoms. The fourth-order valence-electron chi connectivity index (χ4n) is 4.31. The van der Waals surface area contributed by atoms with Crippen molar-refractivity contribution in [3.05, 3.63) is 58.4 Å². The van der Waals surface area contributed by atoms with E-state index >= 15 is 0 Å².